The Labute approximate surface area is 78.5 Å². The number of aromatic nitrogens is 1. The van der Waals surface area contributed by atoms with E-state index in [9.17, 15) is 0 Å². The lowest BCUT2D eigenvalue weighted by Gasteiger charge is -2.21. The van der Waals surface area contributed by atoms with Crippen LogP contribution in [0.25, 0.3) is 0 Å². The highest BCUT2D eigenvalue weighted by atomic mass is 16.5. The Hall–Kier alpha value is -0.830. The molecule has 1 saturated heterocycles. The van der Waals surface area contributed by atoms with Gasteiger partial charge in [-0.3, -0.25) is 0 Å². The molecule has 1 aliphatic rings. The summed E-state index contributed by atoms with van der Waals surface area (Å²) in [5, 5.41) is 7.20. The fourth-order valence-electron chi connectivity index (χ4n) is 1.87. The van der Waals surface area contributed by atoms with E-state index in [0.29, 0.717) is 0 Å². The highest BCUT2D eigenvalue weighted by molar-refractivity contribution is 5.11. The largest absolute Gasteiger partial charge is 0.361 e. The van der Waals surface area contributed by atoms with Gasteiger partial charge in [0.25, 0.3) is 0 Å². The summed E-state index contributed by atoms with van der Waals surface area (Å²) >= 11 is 0. The second kappa shape index (κ2) is 3.92. The zero-order valence-corrected chi connectivity index (χ0v) is 8.05. The average Bonchev–Trinajstić information content (AvgIpc) is 2.54. The van der Waals surface area contributed by atoms with E-state index >= 15 is 0 Å². The van der Waals surface area contributed by atoms with Crippen molar-refractivity contribution in [1.29, 1.82) is 0 Å². The Morgan fingerprint density at radius 2 is 2.62 bits per heavy atom. The fraction of sp³-hybridized carbons (Fsp3) is 0.700. The number of rotatable bonds is 2. The second-order valence-electron chi connectivity index (χ2n) is 3.85. The van der Waals surface area contributed by atoms with Gasteiger partial charge in [-0.1, -0.05) is 5.16 Å². The molecular weight excluding hydrogens is 164 g/mol. The van der Waals surface area contributed by atoms with E-state index in [0.717, 1.165) is 24.6 Å². The summed E-state index contributed by atoms with van der Waals surface area (Å²) in [5.41, 5.74) is 1.19. The molecule has 0 spiro atoms. The summed E-state index contributed by atoms with van der Waals surface area (Å²) in [6, 6.07) is 0. The molecule has 72 valence electrons. The molecule has 1 fully saturated rings. The number of hydrogen-bond donors (Lipinski definition) is 1. The Kier molecular flexibility index (Phi) is 2.64. The Balaban J connectivity index is 1.93. The summed E-state index contributed by atoms with van der Waals surface area (Å²) in [7, 11) is 0. The quantitative estimate of drug-likeness (QED) is 0.750. The van der Waals surface area contributed by atoms with Crippen molar-refractivity contribution in [3.8, 4) is 0 Å². The highest BCUT2D eigenvalue weighted by Crippen LogP contribution is 2.18. The smallest absolute Gasteiger partial charge is 0.139 e. The second-order valence-corrected chi connectivity index (χ2v) is 3.85. The molecule has 0 aliphatic carbocycles. The van der Waals surface area contributed by atoms with Crippen LogP contribution in [0.2, 0.25) is 0 Å². The van der Waals surface area contributed by atoms with Gasteiger partial charge in [0.15, 0.2) is 0 Å². The molecule has 1 atom stereocenters. The van der Waals surface area contributed by atoms with Gasteiger partial charge in [-0.15, -0.1) is 0 Å². The van der Waals surface area contributed by atoms with Gasteiger partial charge in [-0.2, -0.15) is 0 Å². The lowest BCUT2D eigenvalue weighted by Crippen LogP contribution is -2.30. The van der Waals surface area contributed by atoms with Gasteiger partial charge in [0.2, 0.25) is 0 Å². The van der Waals surface area contributed by atoms with Crippen LogP contribution < -0.4 is 5.32 Å². The molecule has 0 bridgehead atoms. The van der Waals surface area contributed by atoms with Crippen LogP contribution >= 0.6 is 0 Å². The predicted molar refractivity (Wildman–Crippen MR) is 50.5 cm³/mol. The van der Waals surface area contributed by atoms with Crippen molar-refractivity contribution in [1.82, 2.24) is 10.5 Å². The average molecular weight is 180 g/mol. The van der Waals surface area contributed by atoms with E-state index < -0.39 is 0 Å². The van der Waals surface area contributed by atoms with Crippen LogP contribution in [-0.2, 0) is 6.42 Å². The molecule has 2 heterocycles. The molecule has 13 heavy (non-hydrogen) atoms. The first-order chi connectivity index (χ1) is 6.36. The van der Waals surface area contributed by atoms with Crippen LogP contribution in [0.3, 0.4) is 0 Å². The summed E-state index contributed by atoms with van der Waals surface area (Å²) in [6.45, 7) is 4.36. The van der Waals surface area contributed by atoms with E-state index in [1.54, 1.807) is 6.20 Å². The molecule has 3 heteroatoms. The number of hydrogen-bond acceptors (Lipinski definition) is 3. The predicted octanol–water partition coefficient (Wildman–Crippen LogP) is 1.53. The van der Waals surface area contributed by atoms with Gasteiger partial charge in [-0.25, -0.2) is 0 Å². The Morgan fingerprint density at radius 3 is 3.23 bits per heavy atom. The maximum atomic E-state index is 5.19. The summed E-state index contributed by atoms with van der Waals surface area (Å²) in [4.78, 5) is 0. The molecule has 1 unspecified atom stereocenters. The summed E-state index contributed by atoms with van der Waals surface area (Å²) in [6.07, 6.45) is 5.44. The normalized spacial score (nSPS) is 23.3. The zero-order chi connectivity index (χ0) is 9.10. The van der Waals surface area contributed by atoms with Crippen molar-refractivity contribution >= 4 is 0 Å². The Morgan fingerprint density at radius 1 is 1.69 bits per heavy atom. The summed E-state index contributed by atoms with van der Waals surface area (Å²) < 4.78 is 5.19. The van der Waals surface area contributed by atoms with Gasteiger partial charge in [0.05, 0.1) is 6.20 Å². The van der Waals surface area contributed by atoms with Gasteiger partial charge in [0.1, 0.15) is 5.76 Å². The number of piperidine rings is 1. The minimum atomic E-state index is 0.736. The van der Waals surface area contributed by atoms with Gasteiger partial charge < -0.3 is 9.84 Å². The maximum absolute atomic E-state index is 5.19. The van der Waals surface area contributed by atoms with Crippen LogP contribution in [0, 0.1) is 12.8 Å². The summed E-state index contributed by atoms with van der Waals surface area (Å²) in [5.74, 6) is 1.80. The molecule has 0 radical (unpaired) electrons. The SMILES string of the molecule is Cc1cnoc1CC1CCCNC1. The zero-order valence-electron chi connectivity index (χ0n) is 8.05. The van der Waals surface area contributed by atoms with Crippen LogP contribution in [0.4, 0.5) is 0 Å². The molecular formula is C10H16N2O. The standard InChI is InChI=1S/C10H16N2O/c1-8-6-12-13-10(8)5-9-3-2-4-11-7-9/h6,9,11H,2-5,7H2,1H3. The van der Waals surface area contributed by atoms with Crippen molar-refractivity contribution in [2.24, 2.45) is 5.92 Å². The minimum absolute atomic E-state index is 0.736. The molecule has 1 aromatic heterocycles. The van der Waals surface area contributed by atoms with Crippen molar-refractivity contribution in [3.05, 3.63) is 17.5 Å². The van der Waals surface area contributed by atoms with Crippen molar-refractivity contribution in [2.75, 3.05) is 13.1 Å². The third-order valence-electron chi connectivity index (χ3n) is 2.72. The molecule has 1 aliphatic heterocycles. The molecule has 0 aromatic carbocycles. The fourth-order valence-corrected chi connectivity index (χ4v) is 1.87. The topological polar surface area (TPSA) is 38.1 Å². The highest BCUT2D eigenvalue weighted by Gasteiger charge is 2.16. The van der Waals surface area contributed by atoms with E-state index in [2.05, 4.69) is 17.4 Å². The van der Waals surface area contributed by atoms with E-state index in [1.807, 2.05) is 0 Å². The number of aryl methyl sites for hydroxylation is 1. The monoisotopic (exact) mass is 180 g/mol. The maximum Gasteiger partial charge on any atom is 0.139 e. The van der Waals surface area contributed by atoms with Crippen LogP contribution in [0.15, 0.2) is 10.7 Å². The third kappa shape index (κ3) is 2.10. The van der Waals surface area contributed by atoms with Gasteiger partial charge in [-0.05, 0) is 38.8 Å². The van der Waals surface area contributed by atoms with Crippen molar-refractivity contribution in [3.63, 3.8) is 0 Å². The van der Waals surface area contributed by atoms with E-state index in [1.165, 1.54) is 24.9 Å². The molecule has 0 saturated carbocycles. The molecule has 1 aromatic rings. The lowest BCUT2D eigenvalue weighted by atomic mass is 9.94. The van der Waals surface area contributed by atoms with Crippen LogP contribution in [0.5, 0.6) is 0 Å². The first-order valence-corrected chi connectivity index (χ1v) is 4.97. The minimum Gasteiger partial charge on any atom is -0.361 e. The Bertz CT molecular complexity index is 264. The van der Waals surface area contributed by atoms with Gasteiger partial charge >= 0.3 is 0 Å². The lowest BCUT2D eigenvalue weighted by molar-refractivity contribution is 0.320. The molecule has 1 N–H and O–H groups in total. The molecule has 3 nitrogen and oxygen atoms in total. The third-order valence-corrected chi connectivity index (χ3v) is 2.72. The molecule has 0 amide bonds. The van der Waals surface area contributed by atoms with Crippen LogP contribution in [-0.4, -0.2) is 18.2 Å². The van der Waals surface area contributed by atoms with Crippen molar-refractivity contribution in [2.45, 2.75) is 26.2 Å². The van der Waals surface area contributed by atoms with E-state index in [-0.39, 0.29) is 0 Å². The number of nitrogens with zero attached hydrogens (tertiary/aromatic N) is 1. The van der Waals surface area contributed by atoms with E-state index in [4.69, 9.17) is 4.52 Å². The van der Waals surface area contributed by atoms with Gasteiger partial charge in [0, 0.05) is 12.0 Å². The first-order valence-electron chi connectivity index (χ1n) is 4.97. The molecule has 2 rings (SSSR count). The first kappa shape index (κ1) is 8.75. The van der Waals surface area contributed by atoms with Crippen molar-refractivity contribution < 1.29 is 4.52 Å². The number of nitrogens with one attached hydrogen (secondary N) is 1. The van der Waals surface area contributed by atoms with Crippen LogP contribution in [0.1, 0.15) is 24.2 Å².